The number of ether oxygens (including phenoxy) is 1. The molecule has 1 aromatic carbocycles. The highest BCUT2D eigenvalue weighted by molar-refractivity contribution is 6.32. The number of hydrogen-bond acceptors (Lipinski definition) is 5. The normalized spacial score (nSPS) is 15.4. The van der Waals surface area contributed by atoms with Crippen LogP contribution in [0.25, 0.3) is 10.9 Å². The summed E-state index contributed by atoms with van der Waals surface area (Å²) < 4.78 is 5.39. The smallest absolute Gasteiger partial charge is 0.303 e. The predicted molar refractivity (Wildman–Crippen MR) is 138 cm³/mol. The van der Waals surface area contributed by atoms with Gasteiger partial charge in [-0.2, -0.15) is 0 Å². The van der Waals surface area contributed by atoms with Gasteiger partial charge in [0.1, 0.15) is 5.75 Å². The third-order valence-corrected chi connectivity index (χ3v) is 7.25. The van der Waals surface area contributed by atoms with Crippen LogP contribution in [0, 0.1) is 17.3 Å². The maximum atomic E-state index is 11.7. The van der Waals surface area contributed by atoms with Crippen LogP contribution < -0.4 is 4.74 Å². The maximum Gasteiger partial charge on any atom is 0.303 e. The molecule has 182 valence electrons. The number of fused-ring (bicyclic) bond motifs is 1. The molecule has 0 unspecified atom stereocenters. The summed E-state index contributed by atoms with van der Waals surface area (Å²) >= 11 is 6.53. The van der Waals surface area contributed by atoms with Crippen LogP contribution in [0.2, 0.25) is 5.02 Å². The van der Waals surface area contributed by atoms with E-state index in [0.29, 0.717) is 11.6 Å². The minimum atomic E-state index is -0.729. The van der Waals surface area contributed by atoms with E-state index in [1.54, 1.807) is 25.7 Å². The van der Waals surface area contributed by atoms with Crippen LogP contribution in [0.1, 0.15) is 43.2 Å². The van der Waals surface area contributed by atoms with E-state index < -0.39 is 5.97 Å². The summed E-state index contributed by atoms with van der Waals surface area (Å²) in [5.74, 6) is 6.45. The number of carboxylic acids is 1. The molecule has 3 aromatic rings. The molecule has 35 heavy (non-hydrogen) atoms. The first-order valence-corrected chi connectivity index (χ1v) is 12.3. The van der Waals surface area contributed by atoms with Crippen molar-refractivity contribution in [2.75, 3.05) is 26.7 Å². The Morgan fingerprint density at radius 1 is 1.23 bits per heavy atom. The molecule has 0 aliphatic carbocycles. The second kappa shape index (κ2) is 11.5. The lowest BCUT2D eigenvalue weighted by atomic mass is 9.72. The molecular formula is C28H30ClN3O3. The van der Waals surface area contributed by atoms with Crippen LogP contribution in [-0.2, 0) is 11.2 Å². The zero-order valence-electron chi connectivity index (χ0n) is 20.0. The molecule has 2 aromatic heterocycles. The van der Waals surface area contributed by atoms with Crippen LogP contribution in [-0.4, -0.2) is 52.7 Å². The van der Waals surface area contributed by atoms with Crippen molar-refractivity contribution in [3.05, 3.63) is 65.1 Å². The minimum Gasteiger partial charge on any atom is -0.497 e. The summed E-state index contributed by atoms with van der Waals surface area (Å²) in [4.78, 5) is 22.5. The summed E-state index contributed by atoms with van der Waals surface area (Å²) in [5, 5.41) is 11.3. The van der Waals surface area contributed by atoms with Crippen LogP contribution >= 0.6 is 11.6 Å². The number of piperidine rings is 1. The van der Waals surface area contributed by atoms with Gasteiger partial charge in [0.2, 0.25) is 0 Å². The lowest BCUT2D eigenvalue weighted by molar-refractivity contribution is -0.140. The van der Waals surface area contributed by atoms with Gasteiger partial charge in [-0.25, -0.2) is 0 Å². The van der Waals surface area contributed by atoms with E-state index in [4.69, 9.17) is 16.3 Å². The number of aryl methyl sites for hydroxylation is 1. The molecule has 6 nitrogen and oxygen atoms in total. The molecule has 1 fully saturated rings. The number of rotatable bonds is 8. The van der Waals surface area contributed by atoms with Gasteiger partial charge in [0.05, 0.1) is 30.6 Å². The van der Waals surface area contributed by atoms with E-state index in [2.05, 4.69) is 26.7 Å². The molecule has 0 atom stereocenters. The van der Waals surface area contributed by atoms with Crippen LogP contribution in [0.15, 0.2) is 48.9 Å². The Labute approximate surface area is 211 Å². The Balaban J connectivity index is 1.39. The van der Waals surface area contributed by atoms with Gasteiger partial charge in [0, 0.05) is 29.5 Å². The maximum absolute atomic E-state index is 11.7. The Morgan fingerprint density at radius 2 is 2.00 bits per heavy atom. The Kier molecular flexibility index (Phi) is 8.22. The average molecular weight is 492 g/mol. The Hall–Kier alpha value is -3.14. The molecule has 1 N–H and O–H groups in total. The SMILES string of the molecule is COc1ccc2ncc(Cl)c(CCCC3(CC(=O)O)CCN(CC#Cc4ccncc4)CC3)c2c1. The monoisotopic (exact) mass is 491 g/mol. The zero-order chi connectivity index (χ0) is 24.7. The number of nitrogens with zero attached hydrogens (tertiary/aromatic N) is 3. The number of benzene rings is 1. The fourth-order valence-electron chi connectivity index (χ4n) is 4.93. The molecule has 1 aliphatic rings. The van der Waals surface area contributed by atoms with Gasteiger partial charge in [0.25, 0.3) is 0 Å². The molecule has 0 radical (unpaired) electrons. The summed E-state index contributed by atoms with van der Waals surface area (Å²) in [7, 11) is 1.64. The van der Waals surface area contributed by atoms with Gasteiger partial charge >= 0.3 is 5.97 Å². The highest BCUT2D eigenvalue weighted by atomic mass is 35.5. The number of likely N-dealkylation sites (tertiary alicyclic amines) is 1. The van der Waals surface area contributed by atoms with Crippen LogP contribution in [0.4, 0.5) is 0 Å². The van der Waals surface area contributed by atoms with Crippen molar-refractivity contribution in [3.8, 4) is 17.6 Å². The van der Waals surface area contributed by atoms with E-state index >= 15 is 0 Å². The molecule has 3 heterocycles. The summed E-state index contributed by atoms with van der Waals surface area (Å²) in [6.07, 6.45) is 9.57. The number of carbonyl (C=O) groups is 1. The van der Waals surface area contributed by atoms with E-state index in [0.717, 1.165) is 73.0 Å². The highest BCUT2D eigenvalue weighted by Gasteiger charge is 2.36. The van der Waals surface area contributed by atoms with E-state index in [1.165, 1.54) is 0 Å². The quantitative estimate of drug-likeness (QED) is 0.435. The number of halogens is 1. The average Bonchev–Trinajstić information content (AvgIpc) is 2.86. The minimum absolute atomic E-state index is 0.197. The molecule has 1 aliphatic heterocycles. The van der Waals surface area contributed by atoms with E-state index in [9.17, 15) is 9.90 Å². The highest BCUT2D eigenvalue weighted by Crippen LogP contribution is 2.40. The second-order valence-electron chi connectivity index (χ2n) is 9.21. The van der Waals surface area contributed by atoms with Gasteiger partial charge in [-0.1, -0.05) is 23.4 Å². The molecule has 0 amide bonds. The topological polar surface area (TPSA) is 75.6 Å². The van der Waals surface area contributed by atoms with Crippen LogP contribution in [0.3, 0.4) is 0 Å². The van der Waals surface area contributed by atoms with Crippen molar-refractivity contribution in [2.45, 2.75) is 38.5 Å². The van der Waals surface area contributed by atoms with Crippen molar-refractivity contribution < 1.29 is 14.6 Å². The summed E-state index contributed by atoms with van der Waals surface area (Å²) in [6.45, 7) is 2.40. The van der Waals surface area contributed by atoms with Gasteiger partial charge in [0.15, 0.2) is 0 Å². The van der Waals surface area contributed by atoms with E-state index in [1.807, 2.05) is 30.3 Å². The molecule has 0 bridgehead atoms. The van der Waals surface area contributed by atoms with Gasteiger partial charge in [-0.15, -0.1) is 0 Å². The first-order valence-electron chi connectivity index (χ1n) is 11.9. The number of aromatic nitrogens is 2. The third kappa shape index (κ3) is 6.50. The van der Waals surface area contributed by atoms with Crippen molar-refractivity contribution in [1.82, 2.24) is 14.9 Å². The van der Waals surface area contributed by atoms with Gasteiger partial charge < -0.3 is 9.84 Å². The fraction of sp³-hybridized carbons (Fsp3) is 0.393. The van der Waals surface area contributed by atoms with Gasteiger partial charge in [-0.05, 0) is 86.5 Å². The number of hydrogen-bond donors (Lipinski definition) is 1. The molecule has 0 saturated carbocycles. The summed E-state index contributed by atoms with van der Waals surface area (Å²) in [5.41, 5.74) is 2.68. The molecular weight excluding hydrogens is 462 g/mol. The van der Waals surface area contributed by atoms with Crippen molar-refractivity contribution in [3.63, 3.8) is 0 Å². The predicted octanol–water partition coefficient (Wildman–Crippen LogP) is 5.22. The number of methoxy groups -OCH3 is 1. The first kappa shape index (κ1) is 25.0. The van der Waals surface area contributed by atoms with E-state index in [-0.39, 0.29) is 11.8 Å². The fourth-order valence-corrected chi connectivity index (χ4v) is 5.18. The van der Waals surface area contributed by atoms with Crippen LogP contribution in [0.5, 0.6) is 5.75 Å². The number of pyridine rings is 2. The number of aliphatic carboxylic acids is 1. The molecule has 4 rings (SSSR count). The standard InChI is InChI=1S/C28H30ClN3O3/c1-35-22-6-7-26-24(18-22)23(25(29)20-31-26)5-2-10-28(19-27(33)34)11-16-32(17-12-28)15-3-4-21-8-13-30-14-9-21/h6-9,13-14,18,20H,2,5,10-12,15-17,19H2,1H3,(H,33,34). The Morgan fingerprint density at radius 3 is 2.71 bits per heavy atom. The Bertz CT molecular complexity index is 1230. The first-order chi connectivity index (χ1) is 17.0. The van der Waals surface area contributed by atoms with Crippen molar-refractivity contribution in [2.24, 2.45) is 5.41 Å². The number of carboxylic acid groups (broad SMARTS) is 1. The third-order valence-electron chi connectivity index (χ3n) is 6.93. The second-order valence-corrected chi connectivity index (χ2v) is 9.61. The summed E-state index contributed by atoms with van der Waals surface area (Å²) in [6, 6.07) is 9.60. The largest absolute Gasteiger partial charge is 0.497 e. The zero-order valence-corrected chi connectivity index (χ0v) is 20.7. The molecule has 7 heteroatoms. The van der Waals surface area contributed by atoms with Crippen molar-refractivity contribution >= 4 is 28.5 Å². The lowest BCUT2D eigenvalue weighted by Crippen LogP contribution is -2.41. The molecule has 0 spiro atoms. The van der Waals surface area contributed by atoms with Crippen molar-refractivity contribution in [1.29, 1.82) is 0 Å². The van der Waals surface area contributed by atoms with Gasteiger partial charge in [-0.3, -0.25) is 19.7 Å². The lowest BCUT2D eigenvalue weighted by Gasteiger charge is -2.40. The molecule has 1 saturated heterocycles.